The van der Waals surface area contributed by atoms with Gasteiger partial charge in [0.2, 0.25) is 0 Å². The second-order valence-corrected chi connectivity index (χ2v) is 7.25. The van der Waals surface area contributed by atoms with Crippen LogP contribution in [0.5, 0.6) is 5.75 Å². The van der Waals surface area contributed by atoms with Crippen LogP contribution in [-0.4, -0.2) is 31.8 Å². The van der Waals surface area contributed by atoms with Gasteiger partial charge in [0.15, 0.2) is 0 Å². The Labute approximate surface area is 161 Å². The van der Waals surface area contributed by atoms with Crippen LogP contribution >= 0.6 is 0 Å². The van der Waals surface area contributed by atoms with Crippen LogP contribution in [0.4, 0.5) is 11.4 Å². The van der Waals surface area contributed by atoms with Crippen LogP contribution in [0.25, 0.3) is 0 Å². The average Bonchev–Trinajstić information content (AvgIpc) is 2.69. The molecule has 2 atom stereocenters. The predicted molar refractivity (Wildman–Crippen MR) is 108 cm³/mol. The highest BCUT2D eigenvalue weighted by Crippen LogP contribution is 2.24. The number of para-hydroxylation sites is 1. The quantitative estimate of drug-likeness (QED) is 0.795. The molecule has 2 aromatic carbocycles. The predicted octanol–water partition coefficient (Wildman–Crippen LogP) is 4.37. The zero-order valence-electron chi connectivity index (χ0n) is 16.2. The number of ether oxygens (including phenoxy) is 2. The maximum Gasteiger partial charge on any atom is 0.253 e. The fourth-order valence-electron chi connectivity index (χ4n) is 3.31. The summed E-state index contributed by atoms with van der Waals surface area (Å²) in [7, 11) is 1.64. The molecule has 1 saturated heterocycles. The van der Waals surface area contributed by atoms with Crippen molar-refractivity contribution in [1.82, 2.24) is 5.32 Å². The third kappa shape index (κ3) is 5.01. The number of amides is 1. The molecule has 0 aliphatic carbocycles. The average molecular weight is 368 g/mol. The Balaban J connectivity index is 1.69. The van der Waals surface area contributed by atoms with Gasteiger partial charge in [-0.3, -0.25) is 4.79 Å². The number of hydrogen-bond acceptors (Lipinski definition) is 4. The Kier molecular flexibility index (Phi) is 6.35. The van der Waals surface area contributed by atoms with Crippen molar-refractivity contribution in [1.29, 1.82) is 0 Å². The van der Waals surface area contributed by atoms with Gasteiger partial charge in [-0.1, -0.05) is 26.0 Å². The van der Waals surface area contributed by atoms with Crippen LogP contribution in [0.15, 0.2) is 48.5 Å². The van der Waals surface area contributed by atoms with Crippen molar-refractivity contribution < 1.29 is 14.3 Å². The van der Waals surface area contributed by atoms with Gasteiger partial charge in [0.05, 0.1) is 24.5 Å². The number of benzene rings is 2. The largest absolute Gasteiger partial charge is 0.497 e. The van der Waals surface area contributed by atoms with E-state index in [9.17, 15) is 4.79 Å². The molecule has 27 heavy (non-hydrogen) atoms. The first kappa shape index (κ1) is 19.2. The highest BCUT2D eigenvalue weighted by Gasteiger charge is 2.26. The first-order chi connectivity index (χ1) is 13.1. The molecule has 5 nitrogen and oxygen atoms in total. The smallest absolute Gasteiger partial charge is 0.253 e. The molecule has 2 aromatic rings. The number of carbonyl (C=O) groups excluding carboxylic acids is 1. The zero-order valence-corrected chi connectivity index (χ0v) is 16.2. The summed E-state index contributed by atoms with van der Waals surface area (Å²) in [6.07, 6.45) is 1.91. The maximum absolute atomic E-state index is 12.9. The lowest BCUT2D eigenvalue weighted by molar-refractivity contribution is -0.0233. The van der Waals surface area contributed by atoms with Gasteiger partial charge in [-0.15, -0.1) is 0 Å². The Bertz CT molecular complexity index is 758. The molecule has 5 heteroatoms. The first-order valence-corrected chi connectivity index (χ1v) is 9.49. The topological polar surface area (TPSA) is 59.6 Å². The highest BCUT2D eigenvalue weighted by atomic mass is 16.5. The van der Waals surface area contributed by atoms with Gasteiger partial charge in [-0.2, -0.15) is 0 Å². The van der Waals surface area contributed by atoms with E-state index in [4.69, 9.17) is 9.47 Å². The summed E-state index contributed by atoms with van der Waals surface area (Å²) >= 11 is 0. The minimum absolute atomic E-state index is 0.0546. The number of carbonyl (C=O) groups is 1. The molecule has 1 aliphatic heterocycles. The van der Waals surface area contributed by atoms with Crippen molar-refractivity contribution in [2.24, 2.45) is 5.92 Å². The van der Waals surface area contributed by atoms with E-state index >= 15 is 0 Å². The van der Waals surface area contributed by atoms with Crippen molar-refractivity contribution >= 4 is 17.3 Å². The Hall–Kier alpha value is -2.53. The van der Waals surface area contributed by atoms with E-state index in [1.54, 1.807) is 7.11 Å². The van der Waals surface area contributed by atoms with Crippen molar-refractivity contribution in [3.8, 4) is 5.75 Å². The Morgan fingerprint density at radius 1 is 1.15 bits per heavy atom. The Morgan fingerprint density at radius 2 is 1.89 bits per heavy atom. The summed E-state index contributed by atoms with van der Waals surface area (Å²) in [6.45, 7) is 5.01. The fourth-order valence-corrected chi connectivity index (χ4v) is 3.31. The minimum atomic E-state index is -0.0546. The molecule has 1 aliphatic rings. The van der Waals surface area contributed by atoms with E-state index < -0.39 is 0 Å². The van der Waals surface area contributed by atoms with Crippen molar-refractivity contribution in [3.63, 3.8) is 0 Å². The molecule has 2 unspecified atom stereocenters. The Morgan fingerprint density at radius 3 is 2.59 bits per heavy atom. The molecular weight excluding hydrogens is 340 g/mol. The lowest BCUT2D eigenvalue weighted by Crippen LogP contribution is -2.43. The van der Waals surface area contributed by atoms with Gasteiger partial charge in [-0.25, -0.2) is 0 Å². The number of rotatable bonds is 6. The van der Waals surface area contributed by atoms with Crippen LogP contribution in [0.2, 0.25) is 0 Å². The van der Waals surface area contributed by atoms with Gasteiger partial charge in [0.25, 0.3) is 5.91 Å². The maximum atomic E-state index is 12.9. The van der Waals surface area contributed by atoms with Gasteiger partial charge in [0.1, 0.15) is 5.75 Å². The second-order valence-electron chi connectivity index (χ2n) is 7.25. The van der Waals surface area contributed by atoms with Crippen molar-refractivity contribution in [2.45, 2.75) is 38.8 Å². The van der Waals surface area contributed by atoms with E-state index in [0.717, 1.165) is 30.0 Å². The third-order valence-electron chi connectivity index (χ3n) is 4.93. The standard InChI is InChI=1S/C22H28N2O3/c1-15(2)21-14-17(12-13-27-21)24-22(25)19-6-4-5-7-20(19)23-16-8-10-18(26-3)11-9-16/h4-11,15,17,21,23H,12-14H2,1-3H3,(H,24,25). The molecule has 1 amide bonds. The summed E-state index contributed by atoms with van der Waals surface area (Å²) in [6, 6.07) is 15.4. The molecular formula is C22H28N2O3. The SMILES string of the molecule is COc1ccc(Nc2ccccc2C(=O)NC2CCOC(C(C)C)C2)cc1. The molecule has 0 saturated carbocycles. The summed E-state index contributed by atoms with van der Waals surface area (Å²) in [5, 5.41) is 6.51. The molecule has 0 spiro atoms. The summed E-state index contributed by atoms with van der Waals surface area (Å²) in [5.74, 6) is 1.19. The van der Waals surface area contributed by atoms with Gasteiger partial charge in [-0.05, 0) is 55.2 Å². The summed E-state index contributed by atoms with van der Waals surface area (Å²) in [4.78, 5) is 12.9. The van der Waals surface area contributed by atoms with Gasteiger partial charge >= 0.3 is 0 Å². The monoisotopic (exact) mass is 368 g/mol. The lowest BCUT2D eigenvalue weighted by atomic mass is 9.95. The zero-order chi connectivity index (χ0) is 19.2. The summed E-state index contributed by atoms with van der Waals surface area (Å²) < 4.78 is 11.0. The number of anilines is 2. The number of hydrogen-bond donors (Lipinski definition) is 2. The summed E-state index contributed by atoms with van der Waals surface area (Å²) in [5.41, 5.74) is 2.33. The van der Waals surface area contributed by atoms with Gasteiger partial charge < -0.3 is 20.1 Å². The lowest BCUT2D eigenvalue weighted by Gasteiger charge is -2.32. The van der Waals surface area contributed by atoms with Crippen LogP contribution in [0, 0.1) is 5.92 Å². The molecule has 0 bridgehead atoms. The van der Waals surface area contributed by atoms with E-state index in [0.29, 0.717) is 18.1 Å². The first-order valence-electron chi connectivity index (χ1n) is 9.49. The second kappa shape index (κ2) is 8.91. The molecule has 2 N–H and O–H groups in total. The van der Waals surface area contributed by atoms with Crippen LogP contribution in [0.1, 0.15) is 37.0 Å². The van der Waals surface area contributed by atoms with E-state index in [1.165, 1.54) is 0 Å². The molecule has 0 aromatic heterocycles. The van der Waals surface area contributed by atoms with Crippen LogP contribution in [-0.2, 0) is 4.74 Å². The number of nitrogens with one attached hydrogen (secondary N) is 2. The van der Waals surface area contributed by atoms with Crippen molar-refractivity contribution in [2.75, 3.05) is 19.0 Å². The molecule has 0 radical (unpaired) electrons. The molecule has 1 heterocycles. The van der Waals surface area contributed by atoms with Crippen LogP contribution < -0.4 is 15.4 Å². The normalized spacial score (nSPS) is 19.6. The third-order valence-corrected chi connectivity index (χ3v) is 4.93. The van der Waals surface area contributed by atoms with Crippen molar-refractivity contribution in [3.05, 3.63) is 54.1 Å². The van der Waals surface area contributed by atoms with E-state index in [2.05, 4.69) is 24.5 Å². The van der Waals surface area contributed by atoms with Crippen LogP contribution in [0.3, 0.4) is 0 Å². The van der Waals surface area contributed by atoms with Gasteiger partial charge in [0, 0.05) is 18.3 Å². The molecule has 1 fully saturated rings. The molecule has 144 valence electrons. The van der Waals surface area contributed by atoms with E-state index in [1.807, 2.05) is 48.5 Å². The number of methoxy groups -OCH3 is 1. The fraction of sp³-hybridized carbons (Fsp3) is 0.409. The minimum Gasteiger partial charge on any atom is -0.497 e. The van der Waals surface area contributed by atoms with E-state index in [-0.39, 0.29) is 18.1 Å². The highest BCUT2D eigenvalue weighted by molar-refractivity contribution is 6.00. The molecule has 3 rings (SSSR count).